The van der Waals surface area contributed by atoms with Crippen LogP contribution in [0, 0.1) is 6.92 Å². The van der Waals surface area contributed by atoms with Crippen LogP contribution < -0.4 is 4.74 Å². The molecule has 7 heteroatoms. The highest BCUT2D eigenvalue weighted by atomic mass is 16.5. The summed E-state index contributed by atoms with van der Waals surface area (Å²) in [5.74, 6) is 0.513. The van der Waals surface area contributed by atoms with E-state index >= 15 is 0 Å². The molecule has 0 aliphatic rings. The lowest BCUT2D eigenvalue weighted by Crippen LogP contribution is -2.16. The SMILES string of the molecule is CCC(=Cc1c(C)nn(C)c1-n1ccc2ccc(OC(C)CO)cc21)C(=O)O. The minimum Gasteiger partial charge on any atom is -0.488 e. The van der Waals surface area contributed by atoms with Gasteiger partial charge in [-0.15, -0.1) is 0 Å². The largest absolute Gasteiger partial charge is 0.488 e. The Labute approximate surface area is 163 Å². The summed E-state index contributed by atoms with van der Waals surface area (Å²) in [7, 11) is 1.84. The standard InChI is InChI=1S/C21H25N3O4/c1-5-15(21(26)27)10-18-14(3)22-23(4)20(18)24-9-8-16-6-7-17(11-19(16)24)28-13(2)12-25/h6-11,13,25H,5,12H2,1-4H3,(H,26,27). The monoisotopic (exact) mass is 383 g/mol. The molecule has 0 aliphatic heterocycles. The second kappa shape index (κ2) is 7.90. The number of hydrogen-bond acceptors (Lipinski definition) is 4. The number of rotatable bonds is 7. The van der Waals surface area contributed by atoms with Gasteiger partial charge in [-0.3, -0.25) is 4.68 Å². The van der Waals surface area contributed by atoms with Crippen molar-refractivity contribution in [1.82, 2.24) is 14.3 Å². The van der Waals surface area contributed by atoms with Gasteiger partial charge in [0.15, 0.2) is 0 Å². The first-order valence-corrected chi connectivity index (χ1v) is 9.22. The molecule has 0 spiro atoms. The molecule has 1 atom stereocenters. The molecule has 0 bridgehead atoms. The van der Waals surface area contributed by atoms with Crippen LogP contribution in [0.3, 0.4) is 0 Å². The summed E-state index contributed by atoms with van der Waals surface area (Å²) >= 11 is 0. The predicted octanol–water partition coefficient (Wildman–Crippen LogP) is 3.31. The lowest BCUT2D eigenvalue weighted by molar-refractivity contribution is -0.132. The third-order valence-corrected chi connectivity index (χ3v) is 4.70. The fourth-order valence-corrected chi connectivity index (χ4v) is 3.24. The molecule has 3 rings (SSSR count). The number of aliphatic hydroxyl groups is 1. The van der Waals surface area contributed by atoms with Gasteiger partial charge >= 0.3 is 5.97 Å². The first-order chi connectivity index (χ1) is 13.3. The number of carbonyl (C=O) groups is 1. The van der Waals surface area contributed by atoms with Gasteiger partial charge in [-0.25, -0.2) is 4.79 Å². The first-order valence-electron chi connectivity index (χ1n) is 9.22. The average Bonchev–Trinajstić information content (AvgIpc) is 3.18. The van der Waals surface area contributed by atoms with Crippen LogP contribution in [0.2, 0.25) is 0 Å². The Morgan fingerprint density at radius 1 is 1.36 bits per heavy atom. The molecule has 0 fully saturated rings. The third-order valence-electron chi connectivity index (χ3n) is 4.70. The van der Waals surface area contributed by atoms with E-state index in [2.05, 4.69) is 5.10 Å². The zero-order chi connectivity index (χ0) is 20.4. The molecule has 2 aromatic heterocycles. The van der Waals surface area contributed by atoms with Crippen LogP contribution in [0.25, 0.3) is 22.8 Å². The van der Waals surface area contributed by atoms with E-state index in [9.17, 15) is 15.0 Å². The molecule has 148 valence electrons. The molecule has 0 radical (unpaired) electrons. The van der Waals surface area contributed by atoms with E-state index in [1.165, 1.54) is 0 Å². The van der Waals surface area contributed by atoms with Crippen molar-refractivity contribution in [3.8, 4) is 11.6 Å². The minimum absolute atomic E-state index is 0.0656. The van der Waals surface area contributed by atoms with Crippen molar-refractivity contribution < 1.29 is 19.7 Å². The smallest absolute Gasteiger partial charge is 0.331 e. The molecule has 0 aliphatic carbocycles. The summed E-state index contributed by atoms with van der Waals surface area (Å²) in [6.07, 6.45) is 3.75. The summed E-state index contributed by atoms with van der Waals surface area (Å²) in [6.45, 7) is 5.43. The molecular weight excluding hydrogens is 358 g/mol. The second-order valence-corrected chi connectivity index (χ2v) is 6.79. The molecule has 3 aromatic rings. The van der Waals surface area contributed by atoms with E-state index in [0.717, 1.165) is 28.0 Å². The Kier molecular flexibility index (Phi) is 5.56. The van der Waals surface area contributed by atoms with E-state index < -0.39 is 5.97 Å². The van der Waals surface area contributed by atoms with E-state index in [-0.39, 0.29) is 12.7 Å². The van der Waals surface area contributed by atoms with Gasteiger partial charge < -0.3 is 19.5 Å². The molecule has 2 heterocycles. The van der Waals surface area contributed by atoms with Gasteiger partial charge in [0.2, 0.25) is 0 Å². The molecule has 7 nitrogen and oxygen atoms in total. The molecule has 1 aromatic carbocycles. The Bertz CT molecular complexity index is 1050. The summed E-state index contributed by atoms with van der Waals surface area (Å²) in [4.78, 5) is 11.5. The quantitative estimate of drug-likeness (QED) is 0.611. The van der Waals surface area contributed by atoms with Gasteiger partial charge in [0.25, 0.3) is 0 Å². The third kappa shape index (κ3) is 3.66. The normalized spacial score (nSPS) is 13.1. The molecular formula is C21H25N3O4. The van der Waals surface area contributed by atoms with Crippen LogP contribution in [-0.4, -0.2) is 43.2 Å². The molecule has 28 heavy (non-hydrogen) atoms. The Balaban J connectivity index is 2.17. The van der Waals surface area contributed by atoms with Gasteiger partial charge in [0, 0.05) is 35.8 Å². The number of aromatic nitrogens is 3. The van der Waals surface area contributed by atoms with Gasteiger partial charge in [-0.05, 0) is 44.5 Å². The zero-order valence-electron chi connectivity index (χ0n) is 16.5. The fraction of sp³-hybridized carbons (Fsp3) is 0.333. The fourth-order valence-electron chi connectivity index (χ4n) is 3.24. The molecule has 2 N–H and O–H groups in total. The van der Waals surface area contributed by atoms with Crippen LogP contribution in [0.1, 0.15) is 31.5 Å². The molecule has 0 amide bonds. The van der Waals surface area contributed by atoms with Crippen molar-refractivity contribution in [3.63, 3.8) is 0 Å². The van der Waals surface area contributed by atoms with Gasteiger partial charge in [0.1, 0.15) is 17.7 Å². The van der Waals surface area contributed by atoms with Crippen LogP contribution in [0.4, 0.5) is 0 Å². The molecule has 1 unspecified atom stereocenters. The van der Waals surface area contributed by atoms with Gasteiger partial charge in [-0.2, -0.15) is 5.10 Å². The number of hydrogen-bond donors (Lipinski definition) is 2. The van der Waals surface area contributed by atoms with Crippen molar-refractivity contribution in [2.75, 3.05) is 6.61 Å². The summed E-state index contributed by atoms with van der Waals surface area (Å²) in [6, 6.07) is 7.73. The van der Waals surface area contributed by atoms with E-state index in [1.54, 1.807) is 17.7 Å². The Morgan fingerprint density at radius 2 is 2.11 bits per heavy atom. The Hall–Kier alpha value is -3.06. The average molecular weight is 383 g/mol. The maximum atomic E-state index is 11.5. The highest BCUT2D eigenvalue weighted by Crippen LogP contribution is 2.29. The topological polar surface area (TPSA) is 89.5 Å². The van der Waals surface area contributed by atoms with Crippen molar-refractivity contribution in [1.29, 1.82) is 0 Å². The van der Waals surface area contributed by atoms with Crippen molar-refractivity contribution in [2.45, 2.75) is 33.3 Å². The van der Waals surface area contributed by atoms with E-state index in [4.69, 9.17) is 4.74 Å². The highest BCUT2D eigenvalue weighted by molar-refractivity contribution is 5.93. The highest BCUT2D eigenvalue weighted by Gasteiger charge is 2.18. The summed E-state index contributed by atoms with van der Waals surface area (Å²) in [5, 5.41) is 24.2. The number of nitrogens with zero attached hydrogens (tertiary/aromatic N) is 3. The zero-order valence-corrected chi connectivity index (χ0v) is 16.5. The van der Waals surface area contributed by atoms with Gasteiger partial charge in [0.05, 0.1) is 17.8 Å². The number of fused-ring (bicyclic) bond motifs is 1. The molecule has 0 saturated carbocycles. The predicted molar refractivity (Wildman–Crippen MR) is 108 cm³/mol. The Morgan fingerprint density at radius 3 is 2.75 bits per heavy atom. The maximum Gasteiger partial charge on any atom is 0.331 e. The summed E-state index contributed by atoms with van der Waals surface area (Å²) < 4.78 is 9.46. The lowest BCUT2D eigenvalue weighted by atomic mass is 10.1. The number of carboxylic acid groups (broad SMARTS) is 1. The molecule has 0 saturated heterocycles. The first kappa shape index (κ1) is 19.7. The number of benzene rings is 1. The van der Waals surface area contributed by atoms with Crippen molar-refractivity contribution in [3.05, 3.63) is 47.3 Å². The van der Waals surface area contributed by atoms with Crippen LogP contribution in [-0.2, 0) is 11.8 Å². The van der Waals surface area contributed by atoms with E-state index in [0.29, 0.717) is 17.7 Å². The number of carboxylic acids is 1. The lowest BCUT2D eigenvalue weighted by Gasteiger charge is -2.13. The maximum absolute atomic E-state index is 11.5. The number of aliphatic carboxylic acids is 1. The number of aliphatic hydroxyl groups excluding tert-OH is 1. The van der Waals surface area contributed by atoms with Gasteiger partial charge in [-0.1, -0.05) is 6.92 Å². The van der Waals surface area contributed by atoms with Crippen LogP contribution >= 0.6 is 0 Å². The minimum atomic E-state index is -0.928. The van der Waals surface area contributed by atoms with Crippen LogP contribution in [0.15, 0.2) is 36.0 Å². The number of aryl methyl sites for hydroxylation is 2. The van der Waals surface area contributed by atoms with Crippen molar-refractivity contribution >= 4 is 22.9 Å². The van der Waals surface area contributed by atoms with Crippen LogP contribution in [0.5, 0.6) is 5.75 Å². The summed E-state index contributed by atoms with van der Waals surface area (Å²) in [5.41, 5.74) is 2.77. The van der Waals surface area contributed by atoms with E-state index in [1.807, 2.05) is 55.9 Å². The van der Waals surface area contributed by atoms with Crippen molar-refractivity contribution in [2.24, 2.45) is 7.05 Å². The number of ether oxygens (including phenoxy) is 1. The second-order valence-electron chi connectivity index (χ2n) is 6.79.